The predicted molar refractivity (Wildman–Crippen MR) is 119 cm³/mol. The second kappa shape index (κ2) is 17.9. The Morgan fingerprint density at radius 3 is 1.87 bits per heavy atom. The van der Waals surface area contributed by atoms with Gasteiger partial charge in [-0.25, -0.2) is 4.39 Å². The molecule has 0 spiro atoms. The first-order valence-corrected chi connectivity index (χ1v) is 12.1. The van der Waals surface area contributed by atoms with Crippen molar-refractivity contribution in [3.8, 4) is 0 Å². The molecule has 1 fully saturated rings. The quantitative estimate of drug-likeness (QED) is 0.263. The lowest BCUT2D eigenvalue weighted by molar-refractivity contribution is -0.215. The van der Waals surface area contributed by atoms with E-state index in [1.807, 2.05) is 0 Å². The van der Waals surface area contributed by atoms with Gasteiger partial charge in [0.15, 0.2) is 6.10 Å². The summed E-state index contributed by atoms with van der Waals surface area (Å²) < 4.78 is 44.1. The Hall–Kier alpha value is -0.690. The fourth-order valence-electron chi connectivity index (χ4n) is 3.31. The van der Waals surface area contributed by atoms with Crippen LogP contribution >= 0.6 is 0 Å². The van der Waals surface area contributed by atoms with Crippen molar-refractivity contribution >= 4 is 0 Å². The minimum atomic E-state index is -0.602. The molecule has 0 amide bonds. The van der Waals surface area contributed by atoms with Crippen molar-refractivity contribution in [2.75, 3.05) is 39.7 Å². The van der Waals surface area contributed by atoms with Crippen LogP contribution in [0.2, 0.25) is 0 Å². The number of unbranched alkanes of at least 4 members (excludes halogenated alkanes) is 4. The molecule has 1 saturated heterocycles. The first-order chi connectivity index (χ1) is 14.7. The highest BCUT2D eigenvalue weighted by Gasteiger charge is 2.46. The summed E-state index contributed by atoms with van der Waals surface area (Å²) >= 11 is 0. The van der Waals surface area contributed by atoms with Crippen molar-refractivity contribution in [2.45, 2.75) is 103 Å². The lowest BCUT2D eigenvalue weighted by atomic mass is 9.96. The van der Waals surface area contributed by atoms with E-state index in [2.05, 4.69) is 27.7 Å². The van der Waals surface area contributed by atoms with Gasteiger partial charge in [0.25, 0.3) is 0 Å². The fourth-order valence-corrected chi connectivity index (χ4v) is 3.31. The van der Waals surface area contributed by atoms with Crippen LogP contribution in [-0.2, 0) is 23.7 Å². The highest BCUT2D eigenvalue weighted by Crippen LogP contribution is 2.31. The van der Waals surface area contributed by atoms with E-state index in [0.29, 0.717) is 38.8 Å². The van der Waals surface area contributed by atoms with Gasteiger partial charge in [0, 0.05) is 26.4 Å². The first-order valence-electron chi connectivity index (χ1n) is 12.1. The van der Waals surface area contributed by atoms with Crippen molar-refractivity contribution in [1.29, 1.82) is 0 Å². The smallest absolute Gasteiger partial charge is 0.150 e. The third-order valence-electron chi connectivity index (χ3n) is 5.17. The van der Waals surface area contributed by atoms with E-state index in [1.54, 1.807) is 0 Å². The fraction of sp³-hybridized carbons (Fsp3) is 0.917. The van der Waals surface area contributed by atoms with Gasteiger partial charge in [-0.15, -0.1) is 0 Å². The summed E-state index contributed by atoms with van der Waals surface area (Å²) in [7, 11) is 0. The summed E-state index contributed by atoms with van der Waals surface area (Å²) in [5.74, 6) is 0.509. The standard InChI is InChI=1S/C24H45FO5/c1-5-9-15-26-19-21-23(28-17-11-7-3)24(29-18-12-8-4)22(27-16-10-6-2)20(30-21)13-14-25/h13,21-24H,5-12,14-19H2,1-4H3/b20-13-/t21-,22+,23+,24-/m1/s1. The first kappa shape index (κ1) is 27.3. The number of halogens is 1. The molecule has 0 bridgehead atoms. The molecule has 0 aromatic rings. The summed E-state index contributed by atoms with van der Waals surface area (Å²) in [4.78, 5) is 0. The van der Waals surface area contributed by atoms with Gasteiger partial charge in [0.05, 0.1) is 6.61 Å². The predicted octanol–water partition coefficient (Wildman–Crippen LogP) is 5.61. The highest BCUT2D eigenvalue weighted by atomic mass is 19.1. The van der Waals surface area contributed by atoms with Crippen LogP contribution in [0.3, 0.4) is 0 Å². The van der Waals surface area contributed by atoms with E-state index in [4.69, 9.17) is 23.7 Å². The topological polar surface area (TPSA) is 46.2 Å². The van der Waals surface area contributed by atoms with Crippen LogP contribution in [0.4, 0.5) is 4.39 Å². The molecule has 0 aromatic carbocycles. The third kappa shape index (κ3) is 10.1. The van der Waals surface area contributed by atoms with Gasteiger partial charge < -0.3 is 23.7 Å². The summed E-state index contributed by atoms with van der Waals surface area (Å²) in [5.41, 5.74) is 0. The van der Waals surface area contributed by atoms with Crippen LogP contribution in [0.25, 0.3) is 0 Å². The van der Waals surface area contributed by atoms with E-state index in [-0.39, 0.29) is 18.3 Å². The van der Waals surface area contributed by atoms with Gasteiger partial charge >= 0.3 is 0 Å². The van der Waals surface area contributed by atoms with Crippen LogP contribution in [0.1, 0.15) is 79.1 Å². The van der Waals surface area contributed by atoms with Gasteiger partial charge in [0.2, 0.25) is 0 Å². The molecular formula is C24H45FO5. The maximum Gasteiger partial charge on any atom is 0.150 e. The second-order valence-electron chi connectivity index (χ2n) is 7.87. The molecule has 0 radical (unpaired) electrons. The molecule has 0 saturated carbocycles. The lowest BCUT2D eigenvalue weighted by Gasteiger charge is -2.43. The molecular weight excluding hydrogens is 387 g/mol. The minimum absolute atomic E-state index is 0.307. The zero-order valence-corrected chi connectivity index (χ0v) is 19.7. The molecule has 5 nitrogen and oxygen atoms in total. The van der Waals surface area contributed by atoms with E-state index < -0.39 is 12.8 Å². The van der Waals surface area contributed by atoms with Crippen LogP contribution < -0.4 is 0 Å². The summed E-state index contributed by atoms with van der Waals surface area (Å²) in [6.45, 7) is 10.8. The van der Waals surface area contributed by atoms with E-state index in [0.717, 1.165) is 51.4 Å². The summed E-state index contributed by atoms with van der Waals surface area (Å²) in [5, 5.41) is 0. The number of hydrogen-bond donors (Lipinski definition) is 0. The average molecular weight is 433 g/mol. The molecule has 1 aliphatic rings. The van der Waals surface area contributed by atoms with Crippen LogP contribution in [0.5, 0.6) is 0 Å². The largest absolute Gasteiger partial charge is 0.487 e. The molecule has 1 rings (SSSR count). The molecule has 0 N–H and O–H groups in total. The lowest BCUT2D eigenvalue weighted by Crippen LogP contribution is -2.56. The van der Waals surface area contributed by atoms with Gasteiger partial charge in [0.1, 0.15) is 30.7 Å². The van der Waals surface area contributed by atoms with Crippen molar-refractivity contribution < 1.29 is 28.1 Å². The Balaban J connectivity index is 3.03. The molecule has 0 aliphatic carbocycles. The van der Waals surface area contributed by atoms with Gasteiger partial charge in [-0.1, -0.05) is 53.4 Å². The van der Waals surface area contributed by atoms with Crippen LogP contribution in [0.15, 0.2) is 11.8 Å². The van der Waals surface area contributed by atoms with E-state index >= 15 is 0 Å². The number of rotatable bonds is 18. The van der Waals surface area contributed by atoms with E-state index in [1.165, 1.54) is 6.08 Å². The molecule has 0 unspecified atom stereocenters. The van der Waals surface area contributed by atoms with Gasteiger partial charge in [-0.2, -0.15) is 0 Å². The van der Waals surface area contributed by atoms with Crippen LogP contribution in [-0.4, -0.2) is 64.1 Å². The molecule has 4 atom stereocenters. The summed E-state index contributed by atoms with van der Waals surface area (Å²) in [6, 6.07) is 0. The van der Waals surface area contributed by atoms with Gasteiger partial charge in [-0.05, 0) is 31.8 Å². The zero-order chi connectivity index (χ0) is 22.0. The van der Waals surface area contributed by atoms with Crippen molar-refractivity contribution in [3.05, 3.63) is 11.8 Å². The summed E-state index contributed by atoms with van der Waals surface area (Å²) in [6.07, 6.45) is 8.09. The molecule has 1 heterocycles. The minimum Gasteiger partial charge on any atom is -0.487 e. The highest BCUT2D eigenvalue weighted by molar-refractivity contribution is 5.11. The second-order valence-corrected chi connectivity index (χ2v) is 7.87. The molecule has 178 valence electrons. The molecule has 1 aliphatic heterocycles. The Kier molecular flexibility index (Phi) is 16.3. The van der Waals surface area contributed by atoms with E-state index in [9.17, 15) is 4.39 Å². The Morgan fingerprint density at radius 1 is 0.767 bits per heavy atom. The van der Waals surface area contributed by atoms with Crippen molar-refractivity contribution in [3.63, 3.8) is 0 Å². The molecule has 30 heavy (non-hydrogen) atoms. The number of allylic oxidation sites excluding steroid dienone is 1. The average Bonchev–Trinajstić information content (AvgIpc) is 2.75. The monoisotopic (exact) mass is 432 g/mol. The SMILES string of the molecule is CCCCOC[C@H]1O/C(=C\CF)[C@H](OCCCC)[C@@H](OCCCC)[C@H]1OCCCC. The van der Waals surface area contributed by atoms with Crippen LogP contribution in [0, 0.1) is 0 Å². The number of ether oxygens (including phenoxy) is 5. The number of alkyl halides is 1. The maximum absolute atomic E-state index is 13.3. The van der Waals surface area contributed by atoms with Crippen molar-refractivity contribution in [2.24, 2.45) is 0 Å². The number of hydrogen-bond acceptors (Lipinski definition) is 5. The molecule has 0 aromatic heterocycles. The third-order valence-corrected chi connectivity index (χ3v) is 5.17. The molecule has 6 heteroatoms. The normalized spacial score (nSPS) is 25.6. The zero-order valence-electron chi connectivity index (χ0n) is 19.7. The maximum atomic E-state index is 13.3. The Labute approximate surface area is 183 Å². The Morgan fingerprint density at radius 2 is 1.30 bits per heavy atom. The Bertz CT molecular complexity index is 432. The van der Waals surface area contributed by atoms with Crippen molar-refractivity contribution in [1.82, 2.24) is 0 Å². The van der Waals surface area contributed by atoms with Gasteiger partial charge in [-0.3, -0.25) is 0 Å².